The molecule has 5 nitrogen and oxygen atoms in total. The van der Waals surface area contributed by atoms with Gasteiger partial charge in [0, 0.05) is 18.7 Å². The van der Waals surface area contributed by atoms with Crippen molar-refractivity contribution in [3.63, 3.8) is 0 Å². The van der Waals surface area contributed by atoms with E-state index in [9.17, 15) is 9.59 Å². The second kappa shape index (κ2) is 33.5. The maximum atomic E-state index is 13.1. The molecule has 278 valence electrons. The summed E-state index contributed by atoms with van der Waals surface area (Å²) in [6, 6.07) is 5.30. The van der Waals surface area contributed by atoms with Crippen LogP contribution in [0.25, 0.3) is 0 Å². The van der Waals surface area contributed by atoms with Crippen LogP contribution in [0.2, 0.25) is 0 Å². The zero-order valence-corrected chi connectivity index (χ0v) is 32.1. The number of amides is 2. The second-order valence-corrected chi connectivity index (χ2v) is 14.3. The molecule has 1 aromatic rings. The molecule has 0 spiro atoms. The summed E-state index contributed by atoms with van der Waals surface area (Å²) in [6.07, 6.45) is 37.0. The van der Waals surface area contributed by atoms with Gasteiger partial charge in [-0.25, -0.2) is 0 Å². The Labute approximate surface area is 297 Å². The van der Waals surface area contributed by atoms with Crippen molar-refractivity contribution in [1.82, 2.24) is 10.6 Å². The number of ether oxygens (including phenoxy) is 1. The Morgan fingerprint density at radius 3 is 1.23 bits per heavy atom. The molecule has 5 heteroatoms. The summed E-state index contributed by atoms with van der Waals surface area (Å²) in [5.74, 6) is 0.326. The lowest BCUT2D eigenvalue weighted by atomic mass is 10.1. The molecular weight excluding hydrogens is 592 g/mol. The minimum Gasteiger partial charge on any atom is -0.493 e. The SMILES string of the molecule is CCCCCCCCCCCCCCNC(=O)c1ccc(C(=O)NCCCCCCCCCCCCCC)c(OCCCCCCC)c1. The Morgan fingerprint density at radius 2 is 0.812 bits per heavy atom. The fourth-order valence-electron chi connectivity index (χ4n) is 6.39. The third-order valence-electron chi connectivity index (χ3n) is 9.63. The molecule has 0 unspecified atom stereocenters. The summed E-state index contributed by atoms with van der Waals surface area (Å²) >= 11 is 0. The molecule has 2 N–H and O–H groups in total. The third-order valence-corrected chi connectivity index (χ3v) is 9.63. The molecule has 0 fully saturated rings. The summed E-state index contributed by atoms with van der Waals surface area (Å²) in [4.78, 5) is 26.1. The number of carbonyl (C=O) groups is 2. The normalized spacial score (nSPS) is 11.1. The first-order valence-corrected chi connectivity index (χ1v) is 21.0. The second-order valence-electron chi connectivity index (χ2n) is 14.3. The molecule has 1 aromatic carbocycles. The van der Waals surface area contributed by atoms with Gasteiger partial charge in [-0.1, -0.05) is 188 Å². The minimum atomic E-state index is -0.109. The van der Waals surface area contributed by atoms with Crippen LogP contribution in [0.1, 0.15) is 228 Å². The van der Waals surface area contributed by atoms with Crippen molar-refractivity contribution < 1.29 is 14.3 Å². The van der Waals surface area contributed by atoms with E-state index in [2.05, 4.69) is 31.4 Å². The Morgan fingerprint density at radius 1 is 0.458 bits per heavy atom. The highest BCUT2D eigenvalue weighted by Gasteiger charge is 2.16. The molecule has 1 rings (SSSR count). The fraction of sp³-hybridized carbons (Fsp3) is 0.814. The van der Waals surface area contributed by atoms with Gasteiger partial charge in [-0.3, -0.25) is 9.59 Å². The van der Waals surface area contributed by atoms with Crippen molar-refractivity contribution in [2.75, 3.05) is 19.7 Å². The lowest BCUT2D eigenvalue weighted by molar-refractivity contribution is 0.0937. The van der Waals surface area contributed by atoms with E-state index in [0.29, 0.717) is 36.6 Å². The van der Waals surface area contributed by atoms with E-state index in [1.165, 1.54) is 148 Å². The molecule has 2 amide bonds. The number of benzene rings is 1. The van der Waals surface area contributed by atoms with E-state index in [4.69, 9.17) is 4.74 Å². The van der Waals surface area contributed by atoms with Crippen LogP contribution in [-0.4, -0.2) is 31.5 Å². The molecule has 0 radical (unpaired) electrons. The quantitative estimate of drug-likeness (QED) is 0.0706. The lowest BCUT2D eigenvalue weighted by Crippen LogP contribution is -2.26. The highest BCUT2D eigenvalue weighted by Crippen LogP contribution is 2.22. The fourth-order valence-corrected chi connectivity index (χ4v) is 6.39. The van der Waals surface area contributed by atoms with Gasteiger partial charge >= 0.3 is 0 Å². The van der Waals surface area contributed by atoms with Crippen LogP contribution in [0.5, 0.6) is 5.75 Å². The Balaban J connectivity index is 2.38. The van der Waals surface area contributed by atoms with Crippen LogP contribution in [-0.2, 0) is 0 Å². The van der Waals surface area contributed by atoms with E-state index >= 15 is 0 Å². The van der Waals surface area contributed by atoms with Gasteiger partial charge in [0.2, 0.25) is 0 Å². The third kappa shape index (κ3) is 25.0. The van der Waals surface area contributed by atoms with Crippen LogP contribution >= 0.6 is 0 Å². The molecule has 0 bridgehead atoms. The monoisotopic (exact) mass is 671 g/mol. The number of hydrogen-bond donors (Lipinski definition) is 2. The highest BCUT2D eigenvalue weighted by molar-refractivity contribution is 6.00. The number of unbranched alkanes of at least 4 members (excludes halogenated alkanes) is 26. The first kappa shape index (κ1) is 44.0. The van der Waals surface area contributed by atoms with Gasteiger partial charge in [-0.05, 0) is 37.5 Å². The first-order chi connectivity index (χ1) is 23.6. The van der Waals surface area contributed by atoms with Gasteiger partial charge in [0.1, 0.15) is 5.75 Å². The molecule has 0 saturated carbocycles. The zero-order chi connectivity index (χ0) is 34.8. The number of rotatable bonds is 35. The lowest BCUT2D eigenvalue weighted by Gasteiger charge is -2.14. The topological polar surface area (TPSA) is 67.4 Å². The van der Waals surface area contributed by atoms with Gasteiger partial charge in [0.25, 0.3) is 11.8 Å². The summed E-state index contributed by atoms with van der Waals surface area (Å²) < 4.78 is 6.13. The van der Waals surface area contributed by atoms with Crippen molar-refractivity contribution in [3.05, 3.63) is 29.3 Å². The number of nitrogens with one attached hydrogen (secondary N) is 2. The average molecular weight is 671 g/mol. The first-order valence-electron chi connectivity index (χ1n) is 21.0. The van der Waals surface area contributed by atoms with E-state index in [1.54, 1.807) is 18.2 Å². The largest absolute Gasteiger partial charge is 0.493 e. The molecule has 0 aromatic heterocycles. The van der Waals surface area contributed by atoms with Gasteiger partial charge in [-0.15, -0.1) is 0 Å². The summed E-state index contributed by atoms with van der Waals surface area (Å²) in [6.45, 7) is 8.68. The van der Waals surface area contributed by atoms with Gasteiger partial charge in [-0.2, -0.15) is 0 Å². The van der Waals surface area contributed by atoms with E-state index in [0.717, 1.165) is 38.5 Å². The molecule has 0 aliphatic heterocycles. The summed E-state index contributed by atoms with van der Waals surface area (Å²) in [5.41, 5.74) is 1.09. The van der Waals surface area contributed by atoms with Crippen molar-refractivity contribution in [2.45, 2.75) is 207 Å². The van der Waals surface area contributed by atoms with E-state index in [-0.39, 0.29) is 11.8 Å². The molecule has 0 aliphatic carbocycles. The molecule has 0 heterocycles. The Bertz CT molecular complexity index is 887. The number of hydrogen-bond acceptors (Lipinski definition) is 3. The van der Waals surface area contributed by atoms with E-state index in [1.807, 2.05) is 0 Å². The van der Waals surface area contributed by atoms with Crippen LogP contribution in [0, 0.1) is 0 Å². The van der Waals surface area contributed by atoms with Crippen molar-refractivity contribution in [2.24, 2.45) is 0 Å². The molecule has 0 aliphatic rings. The van der Waals surface area contributed by atoms with Gasteiger partial charge in [0.15, 0.2) is 0 Å². The number of carbonyl (C=O) groups excluding carboxylic acids is 2. The standard InChI is InChI=1S/C43H78N2O3/c1-4-7-10-13-15-17-19-21-23-25-27-30-35-44-42(46)39-33-34-40(41(38-39)48-37-32-29-12-9-6-3)43(47)45-36-31-28-26-24-22-20-18-16-14-11-8-5-2/h33-34,38H,4-32,35-37H2,1-3H3,(H,44,46)(H,45,47). The van der Waals surface area contributed by atoms with Gasteiger partial charge in [0.05, 0.1) is 12.2 Å². The predicted molar refractivity (Wildman–Crippen MR) is 208 cm³/mol. The van der Waals surface area contributed by atoms with Crippen LogP contribution in [0.4, 0.5) is 0 Å². The molecule has 0 atom stereocenters. The molecule has 0 saturated heterocycles. The van der Waals surface area contributed by atoms with E-state index < -0.39 is 0 Å². The molecule has 48 heavy (non-hydrogen) atoms. The maximum absolute atomic E-state index is 13.1. The van der Waals surface area contributed by atoms with Crippen LogP contribution < -0.4 is 15.4 Å². The summed E-state index contributed by atoms with van der Waals surface area (Å²) in [7, 11) is 0. The van der Waals surface area contributed by atoms with Gasteiger partial charge < -0.3 is 15.4 Å². The minimum absolute atomic E-state index is 0.0886. The smallest absolute Gasteiger partial charge is 0.255 e. The predicted octanol–water partition coefficient (Wildman–Crippen LogP) is 12.9. The highest BCUT2D eigenvalue weighted by atomic mass is 16.5. The van der Waals surface area contributed by atoms with Crippen LogP contribution in [0.3, 0.4) is 0 Å². The zero-order valence-electron chi connectivity index (χ0n) is 32.1. The Hall–Kier alpha value is -2.04. The Kier molecular flexibility index (Phi) is 30.7. The van der Waals surface area contributed by atoms with Crippen molar-refractivity contribution >= 4 is 11.8 Å². The van der Waals surface area contributed by atoms with Crippen LogP contribution in [0.15, 0.2) is 18.2 Å². The molecular formula is C43H78N2O3. The average Bonchev–Trinajstić information content (AvgIpc) is 3.10. The van der Waals surface area contributed by atoms with Crippen molar-refractivity contribution in [1.29, 1.82) is 0 Å². The maximum Gasteiger partial charge on any atom is 0.255 e. The summed E-state index contributed by atoms with van der Waals surface area (Å²) in [5, 5.41) is 6.19. The van der Waals surface area contributed by atoms with Crippen molar-refractivity contribution in [3.8, 4) is 5.75 Å².